The van der Waals surface area contributed by atoms with E-state index < -0.39 is 6.03 Å². The average Bonchev–Trinajstić information content (AvgIpc) is 2.30. The van der Waals surface area contributed by atoms with Crippen molar-refractivity contribution in [2.24, 2.45) is 5.73 Å². The molecule has 0 fully saturated rings. The summed E-state index contributed by atoms with van der Waals surface area (Å²) in [6.07, 6.45) is 0.776. The fourth-order valence-electron chi connectivity index (χ4n) is 2.08. The zero-order chi connectivity index (χ0) is 13.9. The Balaban J connectivity index is 3.45. The SMILES string of the molecule is CCc1cc(C)cc(C)c1N(C(=N)N)C(=O)NC. The first kappa shape index (κ1) is 14.0. The summed E-state index contributed by atoms with van der Waals surface area (Å²) in [6, 6.07) is 3.60. The molecule has 0 bridgehead atoms. The standard InChI is InChI=1S/C13H20N4O/c1-5-10-7-8(2)6-9(3)11(10)17(12(14)15)13(18)16-4/h6-7H,5H2,1-4H3,(H3,14,15)(H,16,18). The summed E-state index contributed by atoms with van der Waals surface area (Å²) >= 11 is 0. The molecule has 0 saturated carbocycles. The minimum Gasteiger partial charge on any atom is -0.369 e. The number of urea groups is 1. The van der Waals surface area contributed by atoms with E-state index in [-0.39, 0.29) is 5.96 Å². The van der Waals surface area contributed by atoms with E-state index in [1.54, 1.807) is 0 Å². The third-order valence-corrected chi connectivity index (χ3v) is 2.79. The molecule has 0 spiro atoms. The van der Waals surface area contributed by atoms with Crippen molar-refractivity contribution in [3.05, 3.63) is 28.8 Å². The highest BCUT2D eigenvalue weighted by Crippen LogP contribution is 2.27. The monoisotopic (exact) mass is 248 g/mol. The summed E-state index contributed by atoms with van der Waals surface area (Å²) < 4.78 is 0. The van der Waals surface area contributed by atoms with Crippen LogP contribution in [0.5, 0.6) is 0 Å². The van der Waals surface area contributed by atoms with Gasteiger partial charge in [0, 0.05) is 7.05 Å². The Labute approximate surface area is 107 Å². The first-order valence-electron chi connectivity index (χ1n) is 5.88. The van der Waals surface area contributed by atoms with Crippen LogP contribution in [0.4, 0.5) is 10.5 Å². The lowest BCUT2D eigenvalue weighted by Gasteiger charge is -2.25. The van der Waals surface area contributed by atoms with Crippen LogP contribution in [-0.4, -0.2) is 19.0 Å². The van der Waals surface area contributed by atoms with E-state index in [2.05, 4.69) is 5.32 Å². The van der Waals surface area contributed by atoms with Crippen LogP contribution in [-0.2, 0) is 6.42 Å². The van der Waals surface area contributed by atoms with Crippen molar-refractivity contribution in [2.75, 3.05) is 11.9 Å². The van der Waals surface area contributed by atoms with Gasteiger partial charge in [-0.2, -0.15) is 0 Å². The highest BCUT2D eigenvalue weighted by atomic mass is 16.2. The van der Waals surface area contributed by atoms with Gasteiger partial charge < -0.3 is 11.1 Å². The van der Waals surface area contributed by atoms with E-state index in [1.165, 1.54) is 11.9 Å². The number of hydrogen-bond acceptors (Lipinski definition) is 2. The molecule has 0 atom stereocenters. The van der Waals surface area contributed by atoms with Gasteiger partial charge in [-0.25, -0.2) is 9.69 Å². The first-order valence-corrected chi connectivity index (χ1v) is 5.88. The number of nitrogens with two attached hydrogens (primary N) is 1. The second kappa shape index (κ2) is 5.53. The lowest BCUT2D eigenvalue weighted by molar-refractivity contribution is 0.251. The van der Waals surface area contributed by atoms with Crippen LogP contribution in [0.3, 0.4) is 0 Å². The fourth-order valence-corrected chi connectivity index (χ4v) is 2.08. The van der Waals surface area contributed by atoms with Crippen molar-refractivity contribution < 1.29 is 4.79 Å². The molecule has 1 aromatic rings. The lowest BCUT2D eigenvalue weighted by Crippen LogP contribution is -2.46. The topological polar surface area (TPSA) is 82.2 Å². The Hall–Kier alpha value is -2.04. The van der Waals surface area contributed by atoms with Crippen molar-refractivity contribution in [1.29, 1.82) is 5.41 Å². The van der Waals surface area contributed by atoms with Gasteiger partial charge in [-0.05, 0) is 31.4 Å². The van der Waals surface area contributed by atoms with Gasteiger partial charge in [0.25, 0.3) is 0 Å². The number of nitrogens with zero attached hydrogens (tertiary/aromatic N) is 1. The number of hydrogen-bond donors (Lipinski definition) is 3. The van der Waals surface area contributed by atoms with Crippen LogP contribution in [0.25, 0.3) is 0 Å². The number of carbonyl (C=O) groups excluding carboxylic acids is 1. The number of amides is 2. The Morgan fingerprint density at radius 1 is 1.44 bits per heavy atom. The Kier molecular flexibility index (Phi) is 4.31. The fraction of sp³-hybridized carbons (Fsp3) is 0.385. The van der Waals surface area contributed by atoms with E-state index in [0.29, 0.717) is 5.69 Å². The maximum Gasteiger partial charge on any atom is 0.328 e. The molecule has 1 rings (SSSR count). The van der Waals surface area contributed by atoms with Crippen molar-refractivity contribution in [3.8, 4) is 0 Å². The smallest absolute Gasteiger partial charge is 0.328 e. The number of anilines is 1. The maximum atomic E-state index is 11.9. The molecule has 5 heteroatoms. The highest BCUT2D eigenvalue weighted by molar-refractivity contribution is 6.14. The number of carbonyl (C=O) groups is 1. The predicted octanol–water partition coefficient (Wildman–Crippen LogP) is 1.91. The summed E-state index contributed by atoms with van der Waals surface area (Å²) in [5.74, 6) is -0.281. The Morgan fingerprint density at radius 2 is 2.06 bits per heavy atom. The molecule has 4 N–H and O–H groups in total. The lowest BCUT2D eigenvalue weighted by atomic mass is 10.0. The molecule has 0 unspecified atom stereocenters. The Morgan fingerprint density at radius 3 is 2.50 bits per heavy atom. The van der Waals surface area contributed by atoms with Gasteiger partial charge in [0.2, 0.25) is 5.96 Å². The Bertz CT molecular complexity index is 482. The summed E-state index contributed by atoms with van der Waals surface area (Å²) in [5, 5.41) is 10.1. The van der Waals surface area contributed by atoms with E-state index in [1.807, 2.05) is 32.9 Å². The van der Waals surface area contributed by atoms with E-state index in [9.17, 15) is 4.79 Å². The molecule has 18 heavy (non-hydrogen) atoms. The average molecular weight is 248 g/mol. The predicted molar refractivity (Wildman–Crippen MR) is 74.1 cm³/mol. The van der Waals surface area contributed by atoms with Crippen LogP contribution < -0.4 is 16.0 Å². The molecule has 0 radical (unpaired) electrons. The van der Waals surface area contributed by atoms with Gasteiger partial charge >= 0.3 is 6.03 Å². The van der Waals surface area contributed by atoms with Crippen molar-refractivity contribution >= 4 is 17.7 Å². The summed E-state index contributed by atoms with van der Waals surface area (Å²) in [7, 11) is 1.52. The highest BCUT2D eigenvalue weighted by Gasteiger charge is 2.22. The molecule has 0 aliphatic rings. The zero-order valence-electron chi connectivity index (χ0n) is 11.3. The maximum absolute atomic E-state index is 11.9. The molecular weight excluding hydrogens is 228 g/mol. The molecule has 5 nitrogen and oxygen atoms in total. The number of benzene rings is 1. The summed E-state index contributed by atoms with van der Waals surface area (Å²) in [5.41, 5.74) is 9.30. The third kappa shape index (κ3) is 2.61. The van der Waals surface area contributed by atoms with Crippen molar-refractivity contribution in [3.63, 3.8) is 0 Å². The molecule has 2 amide bonds. The molecular formula is C13H20N4O. The van der Waals surface area contributed by atoms with Crippen LogP contribution in [0.15, 0.2) is 12.1 Å². The molecule has 0 aliphatic carbocycles. The van der Waals surface area contributed by atoms with Crippen LogP contribution in [0.1, 0.15) is 23.6 Å². The van der Waals surface area contributed by atoms with Crippen LogP contribution >= 0.6 is 0 Å². The molecule has 1 aromatic carbocycles. The normalized spacial score (nSPS) is 10.0. The number of guanidine groups is 1. The van der Waals surface area contributed by atoms with Gasteiger partial charge in [-0.1, -0.05) is 24.6 Å². The number of aryl methyl sites for hydroxylation is 3. The molecule has 98 valence electrons. The molecule has 0 saturated heterocycles. The van der Waals surface area contributed by atoms with Gasteiger partial charge in [0.15, 0.2) is 0 Å². The van der Waals surface area contributed by atoms with Crippen LogP contribution in [0.2, 0.25) is 0 Å². The minimum atomic E-state index is -0.399. The van der Waals surface area contributed by atoms with Gasteiger partial charge in [-0.3, -0.25) is 5.41 Å². The van der Waals surface area contributed by atoms with Crippen molar-refractivity contribution in [1.82, 2.24) is 5.32 Å². The van der Waals surface area contributed by atoms with E-state index in [4.69, 9.17) is 11.1 Å². The van der Waals surface area contributed by atoms with Crippen LogP contribution in [0, 0.1) is 19.3 Å². The summed E-state index contributed by atoms with van der Waals surface area (Å²) in [6.45, 7) is 5.94. The third-order valence-electron chi connectivity index (χ3n) is 2.79. The van der Waals surface area contributed by atoms with Gasteiger partial charge in [0.05, 0.1) is 5.69 Å². The number of nitrogens with one attached hydrogen (secondary N) is 2. The quantitative estimate of drug-likeness (QED) is 0.552. The molecule has 0 aromatic heterocycles. The van der Waals surface area contributed by atoms with E-state index >= 15 is 0 Å². The van der Waals surface area contributed by atoms with Gasteiger partial charge in [0.1, 0.15) is 0 Å². The van der Waals surface area contributed by atoms with E-state index in [0.717, 1.165) is 23.1 Å². The first-order chi connectivity index (χ1) is 8.42. The van der Waals surface area contributed by atoms with Gasteiger partial charge in [-0.15, -0.1) is 0 Å². The summed E-state index contributed by atoms with van der Waals surface area (Å²) in [4.78, 5) is 13.1. The largest absolute Gasteiger partial charge is 0.369 e. The molecule has 0 aliphatic heterocycles. The van der Waals surface area contributed by atoms with Crippen molar-refractivity contribution in [2.45, 2.75) is 27.2 Å². The number of rotatable bonds is 2. The second-order valence-corrected chi connectivity index (χ2v) is 4.22. The second-order valence-electron chi connectivity index (χ2n) is 4.22. The zero-order valence-corrected chi connectivity index (χ0v) is 11.3. The molecule has 0 heterocycles. The minimum absolute atomic E-state index is 0.281.